The molecule has 1 unspecified atom stereocenters. The lowest BCUT2D eigenvalue weighted by Crippen LogP contribution is -2.21. The molecule has 34 heavy (non-hydrogen) atoms. The zero-order valence-corrected chi connectivity index (χ0v) is 19.2. The van der Waals surface area contributed by atoms with Gasteiger partial charge in [0.25, 0.3) is 0 Å². The van der Waals surface area contributed by atoms with Gasteiger partial charge in [0.2, 0.25) is 5.91 Å². The number of rotatable bonds is 4. The van der Waals surface area contributed by atoms with Gasteiger partial charge >= 0.3 is 0 Å². The molecule has 4 heterocycles. The Morgan fingerprint density at radius 2 is 2.03 bits per heavy atom. The molecule has 3 aliphatic rings. The van der Waals surface area contributed by atoms with Crippen molar-refractivity contribution in [3.63, 3.8) is 0 Å². The maximum atomic E-state index is 11.7. The van der Waals surface area contributed by atoms with Gasteiger partial charge in [0.05, 0.1) is 24.4 Å². The summed E-state index contributed by atoms with van der Waals surface area (Å²) >= 11 is 6.40. The second-order valence-corrected chi connectivity index (χ2v) is 9.10. The van der Waals surface area contributed by atoms with Crippen molar-refractivity contribution in [3.05, 3.63) is 76.5 Å². The standard InChI is InChI=1S/C26H23ClN4O3/c27-20-4-2-1-3-18(20)21-13-29-25(30-21)16-11-15-12-17(5-7-22(15)33-14-16)34-23-9-10-28-26-19(23)6-8-24(32)31-26/h3-5,7,9-10,12-13,16H,1-2,6,8,11,14H2,(H,29,30)(H,28,31,32). The average Bonchev–Trinajstić information content (AvgIpc) is 3.34. The van der Waals surface area contributed by atoms with Crippen LogP contribution in [0.25, 0.3) is 5.57 Å². The predicted molar refractivity (Wildman–Crippen MR) is 129 cm³/mol. The summed E-state index contributed by atoms with van der Waals surface area (Å²) in [5.41, 5.74) is 3.93. The predicted octanol–water partition coefficient (Wildman–Crippen LogP) is 5.50. The molecule has 0 spiro atoms. The number of carbonyl (C=O) groups is 1. The lowest BCUT2D eigenvalue weighted by molar-refractivity contribution is -0.116. The Labute approximate surface area is 201 Å². The van der Waals surface area contributed by atoms with Crippen molar-refractivity contribution in [2.75, 3.05) is 11.9 Å². The number of carbonyl (C=O) groups excluding carboxylic acids is 1. The van der Waals surface area contributed by atoms with Crippen molar-refractivity contribution in [2.24, 2.45) is 0 Å². The van der Waals surface area contributed by atoms with Crippen molar-refractivity contribution in [3.8, 4) is 17.2 Å². The molecule has 0 radical (unpaired) electrons. The van der Waals surface area contributed by atoms with Gasteiger partial charge in [0.15, 0.2) is 0 Å². The molecule has 0 saturated heterocycles. The second-order valence-electron chi connectivity index (χ2n) is 8.70. The number of nitrogens with one attached hydrogen (secondary N) is 2. The summed E-state index contributed by atoms with van der Waals surface area (Å²) in [5.74, 6) is 3.84. The molecule has 2 aliphatic heterocycles. The van der Waals surface area contributed by atoms with Gasteiger partial charge in [0.1, 0.15) is 28.9 Å². The lowest BCUT2D eigenvalue weighted by Gasteiger charge is -2.25. The van der Waals surface area contributed by atoms with Crippen LogP contribution in [0.4, 0.5) is 5.82 Å². The first-order valence-electron chi connectivity index (χ1n) is 11.5. The van der Waals surface area contributed by atoms with E-state index in [1.165, 1.54) is 0 Å². The van der Waals surface area contributed by atoms with Gasteiger partial charge in [-0.1, -0.05) is 23.8 Å². The number of allylic oxidation sites excluding steroid dienone is 4. The molecule has 0 fully saturated rings. The van der Waals surface area contributed by atoms with E-state index in [2.05, 4.69) is 26.3 Å². The highest BCUT2D eigenvalue weighted by atomic mass is 35.5. The molecule has 8 heteroatoms. The smallest absolute Gasteiger partial charge is 0.225 e. The Balaban J connectivity index is 1.22. The zero-order chi connectivity index (χ0) is 23.1. The molecule has 1 atom stereocenters. The number of aromatic amines is 1. The van der Waals surface area contributed by atoms with E-state index in [-0.39, 0.29) is 11.8 Å². The van der Waals surface area contributed by atoms with Crippen molar-refractivity contribution in [1.82, 2.24) is 15.0 Å². The first-order valence-corrected chi connectivity index (χ1v) is 11.8. The van der Waals surface area contributed by atoms with Gasteiger partial charge in [-0.25, -0.2) is 9.97 Å². The fourth-order valence-corrected chi connectivity index (χ4v) is 4.94. The van der Waals surface area contributed by atoms with Gasteiger partial charge in [-0.05, 0) is 55.5 Å². The van der Waals surface area contributed by atoms with Gasteiger partial charge in [-0.15, -0.1) is 0 Å². The molecule has 1 amide bonds. The minimum Gasteiger partial charge on any atom is -0.493 e. The first kappa shape index (κ1) is 21.0. The number of H-pyrrole nitrogens is 1. The van der Waals surface area contributed by atoms with E-state index in [0.29, 0.717) is 31.0 Å². The molecule has 0 bridgehead atoms. The van der Waals surface area contributed by atoms with Crippen LogP contribution in [0.2, 0.25) is 0 Å². The molecular formula is C26H23ClN4O3. The molecule has 3 aromatic rings. The monoisotopic (exact) mass is 474 g/mol. The van der Waals surface area contributed by atoms with Crippen LogP contribution >= 0.6 is 11.6 Å². The second kappa shape index (κ2) is 8.65. The van der Waals surface area contributed by atoms with Crippen LogP contribution in [-0.2, 0) is 17.6 Å². The highest BCUT2D eigenvalue weighted by molar-refractivity contribution is 6.37. The van der Waals surface area contributed by atoms with Gasteiger partial charge < -0.3 is 19.8 Å². The highest BCUT2D eigenvalue weighted by Gasteiger charge is 2.26. The molecule has 7 nitrogen and oxygen atoms in total. The molecule has 2 aromatic heterocycles. The van der Waals surface area contributed by atoms with E-state index in [4.69, 9.17) is 21.1 Å². The summed E-state index contributed by atoms with van der Waals surface area (Å²) in [6, 6.07) is 7.70. The molecule has 2 N–H and O–H groups in total. The normalized spacial score (nSPS) is 19.2. The van der Waals surface area contributed by atoms with Crippen LogP contribution in [-0.4, -0.2) is 27.5 Å². The number of ether oxygens (including phenoxy) is 2. The Morgan fingerprint density at radius 1 is 1.12 bits per heavy atom. The average molecular weight is 475 g/mol. The maximum absolute atomic E-state index is 11.7. The third kappa shape index (κ3) is 3.96. The van der Waals surface area contributed by atoms with Crippen LogP contribution < -0.4 is 14.8 Å². The van der Waals surface area contributed by atoms with Gasteiger partial charge in [0, 0.05) is 28.8 Å². The SMILES string of the molecule is O=C1CCc2c(Oc3ccc4c(c3)CC(c3ncc(C5=CCCC=C5Cl)[nH]3)CO4)ccnc2N1. The number of pyridine rings is 1. The van der Waals surface area contributed by atoms with E-state index in [9.17, 15) is 4.79 Å². The minimum absolute atomic E-state index is 0.0201. The van der Waals surface area contributed by atoms with Crippen LogP contribution in [0.3, 0.4) is 0 Å². The van der Waals surface area contributed by atoms with Crippen molar-refractivity contribution >= 4 is 28.9 Å². The number of nitrogens with zero attached hydrogens (tertiary/aromatic N) is 2. The number of fused-ring (bicyclic) bond motifs is 2. The van der Waals surface area contributed by atoms with Crippen molar-refractivity contribution in [1.29, 1.82) is 0 Å². The Morgan fingerprint density at radius 3 is 2.94 bits per heavy atom. The summed E-state index contributed by atoms with van der Waals surface area (Å²) in [4.78, 5) is 24.0. The summed E-state index contributed by atoms with van der Waals surface area (Å²) in [6.45, 7) is 0.556. The van der Waals surface area contributed by atoms with Crippen LogP contribution in [0.5, 0.6) is 17.2 Å². The number of benzene rings is 1. The summed E-state index contributed by atoms with van der Waals surface area (Å²) < 4.78 is 12.3. The van der Waals surface area contributed by atoms with E-state index in [1.54, 1.807) is 6.20 Å². The fourth-order valence-electron chi connectivity index (χ4n) is 4.65. The Kier molecular flexibility index (Phi) is 5.34. The third-order valence-corrected chi connectivity index (χ3v) is 6.77. The molecule has 0 saturated carbocycles. The summed E-state index contributed by atoms with van der Waals surface area (Å²) in [6.07, 6.45) is 11.5. The topological polar surface area (TPSA) is 89.1 Å². The van der Waals surface area contributed by atoms with Gasteiger partial charge in [-0.3, -0.25) is 4.79 Å². The first-order chi connectivity index (χ1) is 16.6. The number of hydrogen-bond acceptors (Lipinski definition) is 5. The number of aromatic nitrogens is 3. The Hall–Kier alpha value is -3.58. The number of amides is 1. The largest absolute Gasteiger partial charge is 0.493 e. The molecule has 172 valence electrons. The summed E-state index contributed by atoms with van der Waals surface area (Å²) in [5, 5.41) is 3.58. The van der Waals surface area contributed by atoms with E-state index >= 15 is 0 Å². The highest BCUT2D eigenvalue weighted by Crippen LogP contribution is 2.38. The number of anilines is 1. The zero-order valence-electron chi connectivity index (χ0n) is 18.4. The van der Waals surface area contributed by atoms with Crippen LogP contribution in [0.1, 0.15) is 47.8 Å². The van der Waals surface area contributed by atoms with E-state index in [1.807, 2.05) is 36.5 Å². The molecule has 6 rings (SSSR count). The van der Waals surface area contributed by atoms with E-state index < -0.39 is 0 Å². The van der Waals surface area contributed by atoms with Crippen molar-refractivity contribution < 1.29 is 14.3 Å². The fraction of sp³-hybridized carbons (Fsp3) is 0.269. The van der Waals surface area contributed by atoms with Gasteiger partial charge in [-0.2, -0.15) is 0 Å². The van der Waals surface area contributed by atoms with Crippen LogP contribution in [0.15, 0.2) is 53.8 Å². The maximum Gasteiger partial charge on any atom is 0.225 e. The minimum atomic E-state index is -0.0201. The molecule has 1 aliphatic carbocycles. The molecule has 1 aromatic carbocycles. The van der Waals surface area contributed by atoms with E-state index in [0.717, 1.165) is 64.0 Å². The van der Waals surface area contributed by atoms with Crippen molar-refractivity contribution in [2.45, 2.75) is 38.0 Å². The number of halogens is 1. The quantitative estimate of drug-likeness (QED) is 0.521. The van der Waals surface area contributed by atoms with Crippen LogP contribution in [0, 0.1) is 0 Å². The lowest BCUT2D eigenvalue weighted by atomic mass is 9.96. The summed E-state index contributed by atoms with van der Waals surface area (Å²) in [7, 11) is 0. The number of imidazole rings is 1. The molecular weight excluding hydrogens is 452 g/mol. The Bertz CT molecular complexity index is 1340. The third-order valence-electron chi connectivity index (χ3n) is 6.41. The number of hydrogen-bond donors (Lipinski definition) is 2.